The molecule has 2 aromatic carbocycles. The second kappa shape index (κ2) is 18.8. The Labute approximate surface area is 233 Å². The molecular weight excluding hydrogens is 470 g/mol. The minimum atomic E-state index is -0.0904. The fourth-order valence-electron chi connectivity index (χ4n) is 5.08. The molecule has 0 saturated heterocycles. The maximum absolute atomic E-state index is 12.7. The van der Waals surface area contributed by atoms with E-state index in [1.54, 1.807) is 0 Å². The highest BCUT2D eigenvalue weighted by Gasteiger charge is 2.27. The van der Waals surface area contributed by atoms with Crippen LogP contribution in [0.25, 0.3) is 0 Å². The number of aryl methyl sites for hydroxylation is 1. The normalized spacial score (nSPS) is 12.3. The summed E-state index contributed by atoms with van der Waals surface area (Å²) in [4.78, 5) is 12.7. The van der Waals surface area contributed by atoms with E-state index in [9.17, 15) is 4.79 Å². The molecule has 0 spiro atoms. The lowest BCUT2D eigenvalue weighted by Crippen LogP contribution is -2.44. The van der Waals surface area contributed by atoms with Gasteiger partial charge in [0.1, 0.15) is 18.2 Å². The summed E-state index contributed by atoms with van der Waals surface area (Å²) in [5, 5.41) is 0. The van der Waals surface area contributed by atoms with E-state index in [4.69, 9.17) is 9.47 Å². The Morgan fingerprint density at radius 2 is 1.42 bits per heavy atom. The number of ether oxygens (including phenoxy) is 2. The molecule has 0 fully saturated rings. The predicted molar refractivity (Wildman–Crippen MR) is 159 cm³/mol. The van der Waals surface area contributed by atoms with E-state index in [1.165, 1.54) is 68.9 Å². The summed E-state index contributed by atoms with van der Waals surface area (Å²) < 4.78 is 12.4. The van der Waals surface area contributed by atoms with Gasteiger partial charge in [-0.3, -0.25) is 4.79 Å². The lowest BCUT2D eigenvalue weighted by Gasteiger charge is -2.32. The smallest absolute Gasteiger partial charge is 0.314 e. The number of hydrogen-bond donors (Lipinski definition) is 0. The summed E-state index contributed by atoms with van der Waals surface area (Å²) in [6, 6.07) is 18.9. The summed E-state index contributed by atoms with van der Waals surface area (Å²) in [5.41, 5.74) is 2.63. The largest absolute Gasteiger partial charge is 0.493 e. The fourth-order valence-corrected chi connectivity index (χ4v) is 5.08. The zero-order valence-corrected chi connectivity index (χ0v) is 24.8. The van der Waals surface area contributed by atoms with E-state index in [1.807, 2.05) is 12.1 Å². The van der Waals surface area contributed by atoms with Crippen molar-refractivity contribution in [1.29, 1.82) is 0 Å². The van der Waals surface area contributed by atoms with Crippen LogP contribution in [0.15, 0.2) is 54.6 Å². The molecular formula is C34H54NO3+. The molecule has 4 heteroatoms. The molecule has 1 unspecified atom stereocenters. The van der Waals surface area contributed by atoms with Gasteiger partial charge >= 0.3 is 5.97 Å². The van der Waals surface area contributed by atoms with Gasteiger partial charge in [-0.1, -0.05) is 108 Å². The summed E-state index contributed by atoms with van der Waals surface area (Å²) >= 11 is 0. The van der Waals surface area contributed by atoms with Gasteiger partial charge in [-0.05, 0) is 37.0 Å². The van der Waals surface area contributed by atoms with Crippen LogP contribution < -0.4 is 4.74 Å². The van der Waals surface area contributed by atoms with Gasteiger partial charge in [0, 0.05) is 12.0 Å². The molecule has 1 atom stereocenters. The van der Waals surface area contributed by atoms with Crippen molar-refractivity contribution in [2.24, 2.45) is 5.92 Å². The van der Waals surface area contributed by atoms with Crippen molar-refractivity contribution in [3.05, 3.63) is 65.7 Å². The standard InChI is InChI=1S/C34H54NO3/c1-5-7-8-9-10-11-12-13-15-20-30-23-18-24-33(27-30)37-25-19-26-38-34(36)32(6-2)29-35(3,4)28-31-21-16-14-17-22-31/h14,16-18,21-24,27,32H,5-13,15,19-20,25-26,28-29H2,1-4H3/q+1. The van der Waals surface area contributed by atoms with Crippen molar-refractivity contribution in [3.8, 4) is 5.75 Å². The average Bonchev–Trinajstić information content (AvgIpc) is 2.91. The molecule has 0 aliphatic heterocycles. The molecule has 0 heterocycles. The Morgan fingerprint density at radius 1 is 0.763 bits per heavy atom. The monoisotopic (exact) mass is 524 g/mol. The van der Waals surface area contributed by atoms with E-state index in [0.717, 1.165) is 36.2 Å². The summed E-state index contributed by atoms with van der Waals surface area (Å²) in [7, 11) is 4.36. The lowest BCUT2D eigenvalue weighted by molar-refractivity contribution is -0.906. The van der Waals surface area contributed by atoms with E-state index < -0.39 is 0 Å². The zero-order chi connectivity index (χ0) is 27.5. The highest BCUT2D eigenvalue weighted by atomic mass is 16.5. The number of rotatable bonds is 21. The first-order valence-corrected chi connectivity index (χ1v) is 15.2. The maximum atomic E-state index is 12.7. The van der Waals surface area contributed by atoms with Crippen LogP contribution in [0.2, 0.25) is 0 Å². The molecule has 4 nitrogen and oxygen atoms in total. The van der Waals surface area contributed by atoms with E-state index in [-0.39, 0.29) is 11.9 Å². The second-order valence-electron chi connectivity index (χ2n) is 11.5. The van der Waals surface area contributed by atoms with Crippen LogP contribution in [0.1, 0.15) is 95.6 Å². The first-order chi connectivity index (χ1) is 18.4. The van der Waals surface area contributed by atoms with Crippen molar-refractivity contribution in [3.63, 3.8) is 0 Å². The van der Waals surface area contributed by atoms with Gasteiger partial charge in [0.05, 0.1) is 33.9 Å². The molecule has 0 amide bonds. The summed E-state index contributed by atoms with van der Waals surface area (Å²) in [6.07, 6.45) is 14.8. The topological polar surface area (TPSA) is 35.5 Å². The summed E-state index contributed by atoms with van der Waals surface area (Å²) in [6.45, 7) is 6.97. The quantitative estimate of drug-likeness (QED) is 0.0934. The first-order valence-electron chi connectivity index (χ1n) is 15.2. The van der Waals surface area contributed by atoms with Crippen molar-refractivity contribution < 1.29 is 18.8 Å². The van der Waals surface area contributed by atoms with E-state index in [0.29, 0.717) is 19.6 Å². The third-order valence-corrected chi connectivity index (χ3v) is 7.26. The average molecular weight is 525 g/mol. The minimum absolute atomic E-state index is 0.0882. The molecule has 0 radical (unpaired) electrons. The van der Waals surface area contributed by atoms with Gasteiger partial charge in [-0.25, -0.2) is 0 Å². The molecule has 0 N–H and O–H groups in total. The number of unbranched alkanes of at least 4 members (excludes halogenated alkanes) is 8. The van der Waals surface area contributed by atoms with Crippen molar-refractivity contribution in [1.82, 2.24) is 0 Å². The second-order valence-corrected chi connectivity index (χ2v) is 11.5. The van der Waals surface area contributed by atoms with Crippen LogP contribution in [0.3, 0.4) is 0 Å². The van der Waals surface area contributed by atoms with Crippen LogP contribution >= 0.6 is 0 Å². The molecule has 0 aliphatic rings. The van der Waals surface area contributed by atoms with Crippen LogP contribution in [0.5, 0.6) is 5.75 Å². The number of quaternary nitrogens is 1. The molecule has 38 heavy (non-hydrogen) atoms. The molecule has 2 aromatic rings. The molecule has 212 valence electrons. The highest BCUT2D eigenvalue weighted by molar-refractivity contribution is 5.72. The Morgan fingerprint density at radius 3 is 2.11 bits per heavy atom. The Kier molecular flexibility index (Phi) is 15.8. The van der Waals surface area contributed by atoms with Crippen LogP contribution in [0.4, 0.5) is 0 Å². The lowest BCUT2D eigenvalue weighted by atomic mass is 10.0. The number of nitrogens with zero attached hydrogens (tertiary/aromatic N) is 1. The number of carbonyl (C=O) groups is 1. The van der Waals surface area contributed by atoms with Crippen molar-refractivity contribution in [2.75, 3.05) is 33.9 Å². The fraction of sp³-hybridized carbons (Fsp3) is 0.618. The molecule has 2 rings (SSSR count). The Bertz CT molecular complexity index is 880. The highest BCUT2D eigenvalue weighted by Crippen LogP contribution is 2.18. The first kappa shape index (κ1) is 31.9. The van der Waals surface area contributed by atoms with E-state index in [2.05, 4.69) is 70.4 Å². The third-order valence-electron chi connectivity index (χ3n) is 7.26. The molecule has 0 saturated carbocycles. The Hall–Kier alpha value is -2.33. The van der Waals surface area contributed by atoms with Gasteiger partial charge in [-0.2, -0.15) is 0 Å². The zero-order valence-electron chi connectivity index (χ0n) is 24.8. The molecule has 0 aromatic heterocycles. The van der Waals surface area contributed by atoms with Gasteiger partial charge < -0.3 is 14.0 Å². The molecule has 0 bridgehead atoms. The van der Waals surface area contributed by atoms with Gasteiger partial charge in [0.2, 0.25) is 0 Å². The Balaban J connectivity index is 1.60. The number of carbonyl (C=O) groups excluding carboxylic acids is 1. The maximum Gasteiger partial charge on any atom is 0.314 e. The molecule has 0 aliphatic carbocycles. The van der Waals surface area contributed by atoms with Crippen molar-refractivity contribution >= 4 is 5.97 Å². The van der Waals surface area contributed by atoms with Crippen LogP contribution in [-0.4, -0.2) is 44.3 Å². The number of esters is 1. The SMILES string of the molecule is CCCCCCCCCCCc1cccc(OCCCOC(=O)C(CC)C[N+](C)(C)Cc2ccccc2)c1. The van der Waals surface area contributed by atoms with Crippen LogP contribution in [0, 0.1) is 5.92 Å². The van der Waals surface area contributed by atoms with Gasteiger partial charge in [0.15, 0.2) is 0 Å². The van der Waals surface area contributed by atoms with Gasteiger partial charge in [0.25, 0.3) is 0 Å². The minimum Gasteiger partial charge on any atom is -0.493 e. The number of benzene rings is 2. The number of hydrogen-bond acceptors (Lipinski definition) is 3. The van der Waals surface area contributed by atoms with Gasteiger partial charge in [-0.15, -0.1) is 0 Å². The predicted octanol–water partition coefficient (Wildman–Crippen LogP) is 8.37. The van der Waals surface area contributed by atoms with Crippen molar-refractivity contribution in [2.45, 2.75) is 97.4 Å². The third kappa shape index (κ3) is 14.0. The van der Waals surface area contributed by atoms with Crippen LogP contribution in [-0.2, 0) is 22.5 Å². The summed E-state index contributed by atoms with van der Waals surface area (Å²) in [5.74, 6) is 0.734. The van der Waals surface area contributed by atoms with E-state index >= 15 is 0 Å².